The standard InChI is InChI=1S/C18H26N2O5S/c1-12-10-13(2)17(14(3)11-12)26(24,25)20-8-5-15(6-9-20)18(23)19-7-4-16(21)22/h10-11,15H,4-9H2,1-3H3,(H,19,23)(H,21,22). The van der Waals surface area contributed by atoms with Crippen LogP contribution in [0.5, 0.6) is 0 Å². The van der Waals surface area contributed by atoms with Crippen molar-refractivity contribution in [3.63, 3.8) is 0 Å². The number of carbonyl (C=O) groups is 2. The summed E-state index contributed by atoms with van der Waals surface area (Å²) in [7, 11) is -3.59. The van der Waals surface area contributed by atoms with Crippen molar-refractivity contribution < 1.29 is 23.1 Å². The van der Waals surface area contributed by atoms with Gasteiger partial charge in [0, 0.05) is 25.6 Å². The van der Waals surface area contributed by atoms with Gasteiger partial charge in [0.2, 0.25) is 15.9 Å². The van der Waals surface area contributed by atoms with E-state index in [1.807, 2.05) is 19.1 Å². The summed E-state index contributed by atoms with van der Waals surface area (Å²) in [6.07, 6.45) is 0.745. The number of nitrogens with zero attached hydrogens (tertiary/aromatic N) is 1. The quantitative estimate of drug-likeness (QED) is 0.778. The SMILES string of the molecule is Cc1cc(C)c(S(=O)(=O)N2CCC(C(=O)NCCC(=O)O)CC2)c(C)c1. The number of amides is 1. The first-order chi connectivity index (χ1) is 12.1. The van der Waals surface area contributed by atoms with Gasteiger partial charge in [0.1, 0.15) is 0 Å². The van der Waals surface area contributed by atoms with Crippen LogP contribution in [0.15, 0.2) is 17.0 Å². The van der Waals surface area contributed by atoms with Gasteiger partial charge in [-0.1, -0.05) is 17.7 Å². The highest BCUT2D eigenvalue weighted by molar-refractivity contribution is 7.89. The maximum absolute atomic E-state index is 13.0. The zero-order valence-electron chi connectivity index (χ0n) is 15.4. The Morgan fingerprint density at radius 3 is 2.19 bits per heavy atom. The normalized spacial score (nSPS) is 16.4. The summed E-state index contributed by atoms with van der Waals surface area (Å²) in [5.74, 6) is -1.45. The van der Waals surface area contributed by atoms with Crippen LogP contribution in [0, 0.1) is 26.7 Å². The lowest BCUT2D eigenvalue weighted by atomic mass is 9.97. The molecule has 0 radical (unpaired) electrons. The number of nitrogens with one attached hydrogen (secondary N) is 1. The van der Waals surface area contributed by atoms with Gasteiger partial charge in [-0.15, -0.1) is 0 Å². The van der Waals surface area contributed by atoms with Crippen LogP contribution in [0.4, 0.5) is 0 Å². The second kappa shape index (κ2) is 8.18. The summed E-state index contributed by atoms with van der Waals surface area (Å²) in [6, 6.07) is 3.73. The number of hydrogen-bond acceptors (Lipinski definition) is 4. The maximum Gasteiger partial charge on any atom is 0.305 e. The van der Waals surface area contributed by atoms with Gasteiger partial charge in [-0.3, -0.25) is 9.59 Å². The highest BCUT2D eigenvalue weighted by Crippen LogP contribution is 2.28. The summed E-state index contributed by atoms with van der Waals surface area (Å²) < 4.78 is 27.5. The molecule has 0 aromatic heterocycles. The van der Waals surface area contributed by atoms with Crippen molar-refractivity contribution in [1.82, 2.24) is 9.62 Å². The third kappa shape index (κ3) is 4.62. The average molecular weight is 382 g/mol. The van der Waals surface area contributed by atoms with E-state index in [0.717, 1.165) is 16.7 Å². The molecule has 0 atom stereocenters. The van der Waals surface area contributed by atoms with Gasteiger partial charge in [0.15, 0.2) is 0 Å². The van der Waals surface area contributed by atoms with Crippen LogP contribution < -0.4 is 5.32 Å². The molecule has 0 saturated carbocycles. The molecule has 1 aromatic carbocycles. The lowest BCUT2D eigenvalue weighted by Crippen LogP contribution is -2.43. The Hall–Kier alpha value is -1.93. The van der Waals surface area contributed by atoms with E-state index >= 15 is 0 Å². The number of carboxylic acid groups (broad SMARTS) is 1. The molecular formula is C18H26N2O5S. The number of aryl methyl sites for hydroxylation is 3. The highest BCUT2D eigenvalue weighted by atomic mass is 32.2. The van der Waals surface area contributed by atoms with Crippen LogP contribution in [0.25, 0.3) is 0 Å². The Balaban J connectivity index is 2.03. The highest BCUT2D eigenvalue weighted by Gasteiger charge is 2.33. The molecule has 0 spiro atoms. The zero-order chi connectivity index (χ0) is 19.5. The lowest BCUT2D eigenvalue weighted by molar-refractivity contribution is -0.137. The van der Waals surface area contributed by atoms with E-state index in [2.05, 4.69) is 5.32 Å². The van der Waals surface area contributed by atoms with Crippen LogP contribution in [-0.2, 0) is 19.6 Å². The first-order valence-electron chi connectivity index (χ1n) is 8.70. The minimum atomic E-state index is -3.59. The summed E-state index contributed by atoms with van der Waals surface area (Å²) in [4.78, 5) is 22.9. The number of carboxylic acids is 1. The van der Waals surface area contributed by atoms with Crippen molar-refractivity contribution in [2.24, 2.45) is 5.92 Å². The van der Waals surface area contributed by atoms with Crippen LogP contribution >= 0.6 is 0 Å². The third-order valence-electron chi connectivity index (χ3n) is 4.67. The Morgan fingerprint density at radius 1 is 1.15 bits per heavy atom. The van der Waals surface area contributed by atoms with Crippen molar-refractivity contribution in [3.8, 4) is 0 Å². The number of sulfonamides is 1. The number of piperidine rings is 1. The molecule has 0 aliphatic carbocycles. The molecule has 0 bridgehead atoms. The number of hydrogen-bond donors (Lipinski definition) is 2. The molecule has 0 unspecified atom stereocenters. The Morgan fingerprint density at radius 2 is 1.69 bits per heavy atom. The second-order valence-electron chi connectivity index (χ2n) is 6.84. The minimum absolute atomic E-state index is 0.0917. The molecule has 2 rings (SSSR count). The van der Waals surface area contributed by atoms with E-state index in [1.165, 1.54) is 4.31 Å². The van der Waals surface area contributed by atoms with E-state index < -0.39 is 16.0 Å². The first kappa shape index (κ1) is 20.4. The molecule has 8 heteroatoms. The lowest BCUT2D eigenvalue weighted by Gasteiger charge is -2.31. The van der Waals surface area contributed by atoms with E-state index in [1.54, 1.807) is 13.8 Å². The van der Waals surface area contributed by atoms with Gasteiger partial charge in [0.25, 0.3) is 0 Å². The monoisotopic (exact) mass is 382 g/mol. The van der Waals surface area contributed by atoms with Crippen molar-refractivity contribution >= 4 is 21.9 Å². The first-order valence-corrected chi connectivity index (χ1v) is 10.1. The molecule has 1 aliphatic rings. The number of benzene rings is 1. The number of rotatable bonds is 6. The Bertz CT molecular complexity index is 773. The fourth-order valence-corrected chi connectivity index (χ4v) is 5.38. The van der Waals surface area contributed by atoms with Crippen LogP contribution in [-0.4, -0.2) is 49.3 Å². The van der Waals surface area contributed by atoms with Crippen LogP contribution in [0.1, 0.15) is 36.0 Å². The second-order valence-corrected chi connectivity index (χ2v) is 8.72. The smallest absolute Gasteiger partial charge is 0.305 e. The van der Waals surface area contributed by atoms with Crippen LogP contribution in [0.2, 0.25) is 0 Å². The van der Waals surface area contributed by atoms with E-state index in [-0.39, 0.29) is 37.9 Å². The van der Waals surface area contributed by atoms with Crippen molar-refractivity contribution in [1.29, 1.82) is 0 Å². The van der Waals surface area contributed by atoms with Crippen molar-refractivity contribution in [2.45, 2.75) is 44.9 Å². The summed E-state index contributed by atoms with van der Waals surface area (Å²) in [6.45, 7) is 6.20. The largest absolute Gasteiger partial charge is 0.481 e. The molecule has 2 N–H and O–H groups in total. The van der Waals surface area contributed by atoms with Crippen molar-refractivity contribution in [2.75, 3.05) is 19.6 Å². The topological polar surface area (TPSA) is 104 Å². The number of aliphatic carboxylic acids is 1. The predicted molar refractivity (Wildman–Crippen MR) is 97.4 cm³/mol. The molecule has 1 fully saturated rings. The molecular weight excluding hydrogens is 356 g/mol. The zero-order valence-corrected chi connectivity index (χ0v) is 16.2. The number of carbonyl (C=O) groups excluding carboxylic acids is 1. The van der Waals surface area contributed by atoms with Crippen LogP contribution in [0.3, 0.4) is 0 Å². The van der Waals surface area contributed by atoms with Gasteiger partial charge in [-0.2, -0.15) is 4.31 Å². The average Bonchev–Trinajstić information content (AvgIpc) is 2.53. The van der Waals surface area contributed by atoms with Gasteiger partial charge in [-0.25, -0.2) is 8.42 Å². The molecule has 1 aromatic rings. The molecule has 1 saturated heterocycles. The molecule has 26 heavy (non-hydrogen) atoms. The summed E-state index contributed by atoms with van der Waals surface area (Å²) in [5, 5.41) is 11.2. The Labute approximate surface area is 154 Å². The summed E-state index contributed by atoms with van der Waals surface area (Å²) >= 11 is 0. The molecule has 1 amide bonds. The molecule has 1 aliphatic heterocycles. The summed E-state index contributed by atoms with van der Waals surface area (Å²) in [5.41, 5.74) is 2.49. The van der Waals surface area contributed by atoms with Gasteiger partial charge in [0.05, 0.1) is 11.3 Å². The fourth-order valence-electron chi connectivity index (χ4n) is 3.50. The van der Waals surface area contributed by atoms with Crippen molar-refractivity contribution in [3.05, 3.63) is 28.8 Å². The molecule has 1 heterocycles. The predicted octanol–water partition coefficient (Wildman–Crippen LogP) is 1.60. The maximum atomic E-state index is 13.0. The minimum Gasteiger partial charge on any atom is -0.481 e. The van der Waals surface area contributed by atoms with E-state index in [9.17, 15) is 18.0 Å². The fraction of sp³-hybridized carbons (Fsp3) is 0.556. The van der Waals surface area contributed by atoms with E-state index in [4.69, 9.17) is 5.11 Å². The van der Waals surface area contributed by atoms with E-state index in [0.29, 0.717) is 17.7 Å². The Kier molecular flexibility index (Phi) is 6.41. The molecule has 144 valence electrons. The third-order valence-corrected chi connectivity index (χ3v) is 6.87. The van der Waals surface area contributed by atoms with Gasteiger partial charge < -0.3 is 10.4 Å². The van der Waals surface area contributed by atoms with Gasteiger partial charge in [-0.05, 0) is 44.7 Å². The van der Waals surface area contributed by atoms with Gasteiger partial charge >= 0.3 is 5.97 Å². The molecule has 7 nitrogen and oxygen atoms in total.